The minimum Gasteiger partial charge on any atom is -0.464 e. The van der Waals surface area contributed by atoms with E-state index in [0.29, 0.717) is 21.6 Å². The summed E-state index contributed by atoms with van der Waals surface area (Å²) < 4.78 is 21.0. The lowest BCUT2D eigenvalue weighted by molar-refractivity contribution is -0.152. The van der Waals surface area contributed by atoms with Crippen molar-refractivity contribution >= 4 is 27.5 Å². The first kappa shape index (κ1) is 19.8. The highest BCUT2D eigenvalue weighted by molar-refractivity contribution is 7.18. The molecule has 0 aliphatic heterocycles. The summed E-state index contributed by atoms with van der Waals surface area (Å²) >= 11 is 1.53. The predicted molar refractivity (Wildman–Crippen MR) is 111 cm³/mol. The fraction of sp³-hybridized carbons (Fsp3) is 0.409. The molecule has 152 valence electrons. The Hall–Kier alpha value is -2.54. The van der Waals surface area contributed by atoms with Crippen molar-refractivity contribution < 1.29 is 13.9 Å². The molecule has 0 unspecified atom stereocenters. The Morgan fingerprint density at radius 2 is 2.07 bits per heavy atom. The topological polar surface area (TPSA) is 61.2 Å². The van der Waals surface area contributed by atoms with Crippen molar-refractivity contribution in [3.63, 3.8) is 0 Å². The van der Waals surface area contributed by atoms with Crippen LogP contribution >= 0.6 is 11.3 Å². The van der Waals surface area contributed by atoms with Crippen LogP contribution in [-0.4, -0.2) is 22.1 Å². The SMILES string of the molecule is CCOC(=O)C(C)(C)n1c(Cc2ccccc2F)nc2sc3c(c2c1=O)CCC3. The summed E-state index contributed by atoms with van der Waals surface area (Å²) in [7, 11) is 0. The van der Waals surface area contributed by atoms with E-state index in [1.807, 2.05) is 0 Å². The standard InChI is InChI=1S/C22H23FN2O3S/c1-4-28-21(27)22(2,3)25-17(12-13-8-5-6-10-15(13)23)24-19-18(20(25)26)14-9-7-11-16(14)29-19/h5-6,8,10H,4,7,9,11-12H2,1-3H3. The Labute approximate surface area is 172 Å². The van der Waals surface area contributed by atoms with E-state index in [0.717, 1.165) is 24.8 Å². The zero-order valence-electron chi connectivity index (χ0n) is 16.8. The van der Waals surface area contributed by atoms with Crippen LogP contribution in [0.4, 0.5) is 4.39 Å². The summed E-state index contributed by atoms with van der Waals surface area (Å²) in [6, 6.07) is 6.42. The first-order chi connectivity index (χ1) is 13.8. The van der Waals surface area contributed by atoms with Gasteiger partial charge in [-0.3, -0.25) is 9.36 Å². The molecule has 1 aliphatic carbocycles. The molecule has 1 aromatic carbocycles. The number of hydrogen-bond donors (Lipinski definition) is 0. The maximum atomic E-state index is 14.3. The van der Waals surface area contributed by atoms with E-state index in [1.165, 1.54) is 26.8 Å². The van der Waals surface area contributed by atoms with Gasteiger partial charge in [0.1, 0.15) is 22.0 Å². The number of nitrogens with zero attached hydrogens (tertiary/aromatic N) is 2. The normalized spacial score (nSPS) is 13.7. The molecule has 0 fully saturated rings. The lowest BCUT2D eigenvalue weighted by Crippen LogP contribution is -2.46. The molecule has 4 rings (SSSR count). The Kier molecular flexibility index (Phi) is 5.02. The first-order valence-electron chi connectivity index (χ1n) is 9.81. The molecule has 1 aliphatic rings. The van der Waals surface area contributed by atoms with Gasteiger partial charge < -0.3 is 4.74 Å². The van der Waals surface area contributed by atoms with Crippen molar-refractivity contribution in [1.82, 2.24) is 9.55 Å². The van der Waals surface area contributed by atoms with E-state index in [2.05, 4.69) is 0 Å². The molecule has 0 atom stereocenters. The zero-order chi connectivity index (χ0) is 20.8. The molecule has 0 N–H and O–H groups in total. The number of rotatable bonds is 5. The number of fused-ring (bicyclic) bond motifs is 3. The fourth-order valence-electron chi connectivity index (χ4n) is 3.99. The van der Waals surface area contributed by atoms with Gasteiger partial charge in [-0.2, -0.15) is 0 Å². The lowest BCUT2D eigenvalue weighted by Gasteiger charge is -2.27. The Bertz CT molecular complexity index is 1160. The smallest absolute Gasteiger partial charge is 0.331 e. The van der Waals surface area contributed by atoms with Gasteiger partial charge in [0.15, 0.2) is 0 Å². The van der Waals surface area contributed by atoms with Crippen LogP contribution in [0.5, 0.6) is 0 Å². The molecule has 5 nitrogen and oxygen atoms in total. The van der Waals surface area contributed by atoms with Crippen LogP contribution in [0.3, 0.4) is 0 Å². The van der Waals surface area contributed by atoms with Crippen molar-refractivity contribution in [3.8, 4) is 0 Å². The molecule has 2 heterocycles. The number of carbonyl (C=O) groups is 1. The summed E-state index contributed by atoms with van der Waals surface area (Å²) in [4.78, 5) is 33.0. The van der Waals surface area contributed by atoms with Gasteiger partial charge in [0.25, 0.3) is 5.56 Å². The molecule has 2 aromatic heterocycles. The van der Waals surface area contributed by atoms with Gasteiger partial charge in [-0.15, -0.1) is 11.3 Å². The maximum absolute atomic E-state index is 14.3. The number of aryl methyl sites for hydroxylation is 2. The Balaban J connectivity index is 1.97. The van der Waals surface area contributed by atoms with Gasteiger partial charge in [-0.05, 0) is 57.2 Å². The minimum absolute atomic E-state index is 0.114. The molecule has 0 amide bonds. The largest absolute Gasteiger partial charge is 0.464 e. The van der Waals surface area contributed by atoms with E-state index in [-0.39, 0.29) is 24.4 Å². The number of aromatic nitrogens is 2. The molecule has 0 saturated carbocycles. The molecular formula is C22H23FN2O3S. The van der Waals surface area contributed by atoms with E-state index >= 15 is 0 Å². The monoisotopic (exact) mass is 414 g/mol. The number of hydrogen-bond acceptors (Lipinski definition) is 5. The summed E-state index contributed by atoms with van der Waals surface area (Å²) in [6.45, 7) is 5.24. The van der Waals surface area contributed by atoms with E-state index in [4.69, 9.17) is 9.72 Å². The second kappa shape index (κ2) is 7.37. The molecule has 3 aromatic rings. The number of thiophene rings is 1. The van der Waals surface area contributed by atoms with Gasteiger partial charge in [-0.1, -0.05) is 18.2 Å². The van der Waals surface area contributed by atoms with Crippen molar-refractivity contribution in [2.75, 3.05) is 6.61 Å². The van der Waals surface area contributed by atoms with Crippen molar-refractivity contribution in [1.29, 1.82) is 0 Å². The fourth-order valence-corrected chi connectivity index (χ4v) is 5.26. The first-order valence-corrected chi connectivity index (χ1v) is 10.6. The van der Waals surface area contributed by atoms with Crippen LogP contribution in [0.2, 0.25) is 0 Å². The second-order valence-electron chi connectivity index (χ2n) is 7.75. The third-order valence-electron chi connectivity index (χ3n) is 5.45. The predicted octanol–water partition coefficient (Wildman–Crippen LogP) is 3.97. The number of esters is 1. The van der Waals surface area contributed by atoms with Gasteiger partial charge in [-0.25, -0.2) is 14.2 Å². The Morgan fingerprint density at radius 1 is 1.31 bits per heavy atom. The zero-order valence-corrected chi connectivity index (χ0v) is 17.6. The van der Waals surface area contributed by atoms with E-state index in [1.54, 1.807) is 39.0 Å². The average molecular weight is 415 g/mol. The van der Waals surface area contributed by atoms with Crippen molar-refractivity contribution in [2.45, 2.75) is 52.0 Å². The van der Waals surface area contributed by atoms with E-state index in [9.17, 15) is 14.0 Å². The van der Waals surface area contributed by atoms with Crippen LogP contribution in [0, 0.1) is 5.82 Å². The third kappa shape index (κ3) is 3.27. The van der Waals surface area contributed by atoms with Crippen molar-refractivity contribution in [3.05, 3.63) is 62.3 Å². The van der Waals surface area contributed by atoms with Crippen molar-refractivity contribution in [2.24, 2.45) is 0 Å². The molecule has 29 heavy (non-hydrogen) atoms. The third-order valence-corrected chi connectivity index (χ3v) is 6.63. The van der Waals surface area contributed by atoms with Crippen LogP contribution < -0.4 is 5.56 Å². The summed E-state index contributed by atoms with van der Waals surface area (Å²) in [5.74, 6) is -0.508. The van der Waals surface area contributed by atoms with Gasteiger partial charge in [0, 0.05) is 11.3 Å². The van der Waals surface area contributed by atoms with Crippen LogP contribution in [0.15, 0.2) is 29.1 Å². The van der Waals surface area contributed by atoms with Gasteiger partial charge >= 0.3 is 5.97 Å². The molecule has 0 spiro atoms. The molecule has 0 bridgehead atoms. The quantitative estimate of drug-likeness (QED) is 0.593. The minimum atomic E-state index is -1.26. The molecule has 7 heteroatoms. The second-order valence-corrected chi connectivity index (χ2v) is 8.84. The molecular weight excluding hydrogens is 391 g/mol. The van der Waals surface area contributed by atoms with Crippen LogP contribution in [-0.2, 0) is 34.3 Å². The lowest BCUT2D eigenvalue weighted by atomic mass is 10.0. The maximum Gasteiger partial charge on any atom is 0.331 e. The highest BCUT2D eigenvalue weighted by Gasteiger charge is 2.36. The van der Waals surface area contributed by atoms with Gasteiger partial charge in [0.2, 0.25) is 0 Å². The highest BCUT2D eigenvalue weighted by Crippen LogP contribution is 2.35. The highest BCUT2D eigenvalue weighted by atomic mass is 32.1. The van der Waals surface area contributed by atoms with E-state index < -0.39 is 11.5 Å². The number of carbonyl (C=O) groups excluding carboxylic acids is 1. The summed E-state index contributed by atoms with van der Waals surface area (Å²) in [5.41, 5.74) is -0.0362. The Morgan fingerprint density at radius 3 is 2.79 bits per heavy atom. The number of benzene rings is 1. The van der Waals surface area contributed by atoms with Crippen LogP contribution in [0.25, 0.3) is 10.2 Å². The average Bonchev–Trinajstić information content (AvgIpc) is 3.24. The van der Waals surface area contributed by atoms with Crippen LogP contribution in [0.1, 0.15) is 49.0 Å². The number of halogens is 1. The summed E-state index contributed by atoms with van der Waals surface area (Å²) in [5, 5.41) is 0.595. The number of ether oxygens (including phenoxy) is 1. The summed E-state index contributed by atoms with van der Waals surface area (Å²) in [6.07, 6.45) is 2.93. The van der Waals surface area contributed by atoms with Gasteiger partial charge in [0.05, 0.1) is 12.0 Å². The molecule has 0 saturated heterocycles. The molecule has 0 radical (unpaired) electrons.